The molecule has 6 heteroatoms. The van der Waals surface area contributed by atoms with E-state index in [-0.39, 0.29) is 0 Å². The van der Waals surface area contributed by atoms with E-state index in [0.29, 0.717) is 0 Å². The lowest BCUT2D eigenvalue weighted by Gasteiger charge is -2.37. The van der Waals surface area contributed by atoms with Crippen LogP contribution in [-0.4, -0.2) is 31.8 Å². The minimum atomic E-state index is -2.02. The Morgan fingerprint density at radius 2 is 1.41 bits per heavy atom. The van der Waals surface area contributed by atoms with Crippen LogP contribution in [0.4, 0.5) is 0 Å². The number of hydrogen-bond donors (Lipinski definition) is 0. The van der Waals surface area contributed by atoms with Gasteiger partial charge < -0.3 is 13.0 Å². The molecular weight excluding hydrogens is 324 g/mol. The normalized spacial score (nSPS) is 13.2. The second kappa shape index (κ2) is 7.92. The average Bonchev–Trinajstić information content (AvgIpc) is 2.31. The van der Waals surface area contributed by atoms with E-state index in [2.05, 4.69) is 45.8 Å². The first-order chi connectivity index (χ1) is 9.99. The van der Waals surface area contributed by atoms with Crippen LogP contribution >= 0.6 is 0 Å². The third-order valence-electron chi connectivity index (χ3n) is 3.01. The fraction of sp³-hybridized carbons (Fsp3) is 0.625. The van der Waals surface area contributed by atoms with E-state index >= 15 is 0 Å². The summed E-state index contributed by atoms with van der Waals surface area (Å²) in [6.45, 7) is 16.4. The lowest BCUT2D eigenvalue weighted by molar-refractivity contribution is 0.313. The highest BCUT2D eigenvalue weighted by molar-refractivity contribution is 6.87. The van der Waals surface area contributed by atoms with Gasteiger partial charge in [-0.3, -0.25) is 0 Å². The molecule has 1 aromatic carbocycles. The van der Waals surface area contributed by atoms with Crippen LogP contribution < -0.4 is 4.74 Å². The van der Waals surface area contributed by atoms with Crippen LogP contribution in [0, 0.1) is 0 Å². The van der Waals surface area contributed by atoms with Crippen molar-refractivity contribution in [2.24, 2.45) is 0 Å². The molecule has 0 saturated carbocycles. The Balaban J connectivity index is 2.37. The minimum absolute atomic E-state index is 0.751. The van der Waals surface area contributed by atoms with E-state index in [4.69, 9.17) is 13.0 Å². The topological polar surface area (TPSA) is 27.7 Å². The van der Waals surface area contributed by atoms with E-state index in [1.165, 1.54) is 0 Å². The third-order valence-corrected chi connectivity index (χ3v) is 13.2. The number of ether oxygens (including phenoxy) is 1. The molecule has 22 heavy (non-hydrogen) atoms. The zero-order valence-electron chi connectivity index (χ0n) is 15.2. The van der Waals surface area contributed by atoms with Crippen LogP contribution in [0.5, 0.6) is 5.75 Å². The summed E-state index contributed by atoms with van der Waals surface area (Å²) in [6, 6.07) is 11.1. The van der Waals surface area contributed by atoms with E-state index in [1.807, 2.05) is 30.3 Å². The smallest absolute Gasteiger partial charge is 0.311 e. The monoisotopic (exact) mass is 356 g/mol. The predicted molar refractivity (Wildman–Crippen MR) is 102 cm³/mol. The largest absolute Gasteiger partial charge is 0.494 e. The predicted octanol–water partition coefficient (Wildman–Crippen LogP) is 5.23. The summed E-state index contributed by atoms with van der Waals surface area (Å²) >= 11 is 0. The van der Waals surface area contributed by atoms with Crippen LogP contribution in [0.3, 0.4) is 0 Å². The van der Waals surface area contributed by atoms with Crippen molar-refractivity contribution in [1.82, 2.24) is 0 Å². The van der Waals surface area contributed by atoms with Crippen LogP contribution in [-0.2, 0) is 8.23 Å². The van der Waals surface area contributed by atoms with Crippen molar-refractivity contribution in [1.29, 1.82) is 0 Å². The molecule has 3 nitrogen and oxygen atoms in total. The van der Waals surface area contributed by atoms with Gasteiger partial charge in [0.25, 0.3) is 0 Å². The molecule has 0 heterocycles. The van der Waals surface area contributed by atoms with Gasteiger partial charge in [0, 0.05) is 0 Å². The maximum absolute atomic E-state index is 6.49. The van der Waals surface area contributed by atoms with Crippen molar-refractivity contribution in [2.75, 3.05) is 6.61 Å². The standard InChI is InChI=1S/C16H32O3Si3/c1-20(2,3)18-22(6,7)19-21(4,5)15-11-14-17-16-12-9-8-10-13-16/h8-10,12-13H,11,14-15H2,1-7H3. The summed E-state index contributed by atoms with van der Waals surface area (Å²) in [5.74, 6) is 0.944. The molecule has 126 valence electrons. The summed E-state index contributed by atoms with van der Waals surface area (Å²) < 4.78 is 18.5. The maximum Gasteiger partial charge on any atom is 0.311 e. The van der Waals surface area contributed by atoms with Gasteiger partial charge in [0.1, 0.15) is 5.75 Å². The second-order valence-corrected chi connectivity index (χ2v) is 20.4. The van der Waals surface area contributed by atoms with Crippen LogP contribution in [0.15, 0.2) is 30.3 Å². The Bertz CT molecular complexity index is 442. The fourth-order valence-electron chi connectivity index (χ4n) is 2.68. The molecule has 0 aliphatic rings. The number of benzene rings is 1. The first-order valence-corrected chi connectivity index (χ1v) is 17.4. The zero-order valence-corrected chi connectivity index (χ0v) is 18.2. The number of rotatable bonds is 9. The third kappa shape index (κ3) is 8.89. The van der Waals surface area contributed by atoms with Crippen molar-refractivity contribution in [3.63, 3.8) is 0 Å². The first kappa shape index (κ1) is 19.6. The van der Waals surface area contributed by atoms with Crippen LogP contribution in [0.1, 0.15) is 6.42 Å². The number of para-hydroxylation sites is 1. The second-order valence-electron chi connectivity index (χ2n) is 7.74. The molecule has 0 unspecified atom stereocenters. The molecule has 0 N–H and O–H groups in total. The lowest BCUT2D eigenvalue weighted by atomic mass is 10.3. The quantitative estimate of drug-likeness (QED) is 0.448. The van der Waals surface area contributed by atoms with E-state index < -0.39 is 25.2 Å². The highest BCUT2D eigenvalue weighted by atomic mass is 28.5. The van der Waals surface area contributed by atoms with Crippen molar-refractivity contribution >= 4 is 25.2 Å². The molecule has 0 aliphatic heterocycles. The zero-order chi connectivity index (χ0) is 16.9. The van der Waals surface area contributed by atoms with Gasteiger partial charge in [-0.2, -0.15) is 0 Å². The molecule has 0 fully saturated rings. The number of hydrogen-bond acceptors (Lipinski definition) is 3. The summed E-state index contributed by atoms with van der Waals surface area (Å²) in [6.07, 6.45) is 1.03. The summed E-state index contributed by atoms with van der Waals surface area (Å²) in [7, 11) is -5.25. The summed E-state index contributed by atoms with van der Waals surface area (Å²) in [5, 5.41) is 0. The van der Waals surface area contributed by atoms with Gasteiger partial charge in [0.15, 0.2) is 16.6 Å². The molecule has 0 bridgehead atoms. The highest BCUT2D eigenvalue weighted by Crippen LogP contribution is 2.23. The Kier molecular flexibility index (Phi) is 7.07. The van der Waals surface area contributed by atoms with Gasteiger partial charge in [-0.25, -0.2) is 0 Å². The summed E-state index contributed by atoms with van der Waals surface area (Å²) in [5.41, 5.74) is 0. The van der Waals surface area contributed by atoms with Crippen molar-refractivity contribution in [3.05, 3.63) is 30.3 Å². The minimum Gasteiger partial charge on any atom is -0.494 e. The molecular formula is C16H32O3Si3. The van der Waals surface area contributed by atoms with Crippen molar-refractivity contribution < 1.29 is 13.0 Å². The van der Waals surface area contributed by atoms with Crippen LogP contribution in [0.25, 0.3) is 0 Å². The highest BCUT2D eigenvalue weighted by Gasteiger charge is 2.37. The van der Waals surface area contributed by atoms with Gasteiger partial charge in [-0.1, -0.05) is 18.2 Å². The first-order valence-electron chi connectivity index (χ1n) is 8.07. The van der Waals surface area contributed by atoms with E-state index in [0.717, 1.165) is 24.8 Å². The van der Waals surface area contributed by atoms with Gasteiger partial charge in [0.2, 0.25) is 0 Å². The Labute approximate surface area is 139 Å². The van der Waals surface area contributed by atoms with Crippen molar-refractivity contribution in [3.8, 4) is 5.75 Å². The van der Waals surface area contributed by atoms with E-state index in [1.54, 1.807) is 0 Å². The molecule has 0 aliphatic carbocycles. The molecule has 0 atom stereocenters. The molecule has 0 radical (unpaired) electrons. The van der Waals surface area contributed by atoms with E-state index in [9.17, 15) is 0 Å². The molecule has 1 rings (SSSR count). The molecule has 0 amide bonds. The molecule has 0 spiro atoms. The Morgan fingerprint density at radius 1 is 0.818 bits per heavy atom. The van der Waals surface area contributed by atoms with Gasteiger partial charge >= 0.3 is 8.56 Å². The van der Waals surface area contributed by atoms with Crippen molar-refractivity contribution in [2.45, 2.75) is 58.3 Å². The average molecular weight is 357 g/mol. The fourth-order valence-corrected chi connectivity index (χ4v) is 15.8. The lowest BCUT2D eigenvalue weighted by Crippen LogP contribution is -2.51. The van der Waals surface area contributed by atoms with Gasteiger partial charge in [0.05, 0.1) is 6.61 Å². The van der Waals surface area contributed by atoms with Crippen LogP contribution in [0.2, 0.25) is 51.9 Å². The SMILES string of the molecule is C[Si](C)(C)O[Si](C)(C)O[Si](C)(C)CCCOc1ccccc1. The summed E-state index contributed by atoms with van der Waals surface area (Å²) in [4.78, 5) is 0. The van der Waals surface area contributed by atoms with Gasteiger partial charge in [-0.15, -0.1) is 0 Å². The van der Waals surface area contributed by atoms with Gasteiger partial charge in [-0.05, 0) is 70.4 Å². The molecule has 1 aromatic rings. The molecule has 0 aromatic heterocycles. The Hall–Kier alpha value is -0.409. The molecule has 0 saturated heterocycles. The Morgan fingerprint density at radius 3 is 1.95 bits per heavy atom. The maximum atomic E-state index is 6.49.